The van der Waals surface area contributed by atoms with E-state index in [1.807, 2.05) is 24.3 Å². The quantitative estimate of drug-likeness (QED) is 0.655. The molecule has 0 aliphatic carbocycles. The molecule has 0 atom stereocenters. The van der Waals surface area contributed by atoms with Crippen LogP contribution in [0, 0.1) is 0 Å². The van der Waals surface area contributed by atoms with Crippen molar-refractivity contribution in [2.45, 2.75) is 19.3 Å². The number of ether oxygens (including phenoxy) is 2. The summed E-state index contributed by atoms with van der Waals surface area (Å²) in [6.45, 7) is 7.63. The van der Waals surface area contributed by atoms with Crippen LogP contribution < -0.4 is 9.47 Å². The minimum absolute atomic E-state index is 0.807. The van der Waals surface area contributed by atoms with Crippen LogP contribution in [0.2, 0.25) is 0 Å². The lowest BCUT2D eigenvalue weighted by Gasteiger charge is -2.12. The molecule has 0 amide bonds. The number of methoxy groups -OCH3 is 2. The Morgan fingerprint density at radius 2 is 1.22 bits per heavy atom. The molecule has 0 unspecified atom stereocenters. The van der Waals surface area contributed by atoms with Crippen LogP contribution in [0.5, 0.6) is 11.5 Å². The molecule has 0 heterocycles. The number of rotatable bonds is 8. The Morgan fingerprint density at radius 3 is 1.57 bits per heavy atom. The van der Waals surface area contributed by atoms with Gasteiger partial charge in [-0.3, -0.25) is 0 Å². The maximum Gasteiger partial charge on any atom is 0.122 e. The van der Waals surface area contributed by atoms with Crippen LogP contribution in [-0.4, -0.2) is 14.2 Å². The van der Waals surface area contributed by atoms with Gasteiger partial charge in [0, 0.05) is 0 Å². The highest BCUT2D eigenvalue weighted by atomic mass is 16.5. The van der Waals surface area contributed by atoms with Gasteiger partial charge in [-0.05, 0) is 53.6 Å². The predicted molar refractivity (Wildman–Crippen MR) is 96.6 cm³/mol. The minimum atomic E-state index is 0.807. The van der Waals surface area contributed by atoms with Crippen LogP contribution in [0.3, 0.4) is 0 Å². The highest BCUT2D eigenvalue weighted by Crippen LogP contribution is 2.25. The average Bonchev–Trinajstić information content (AvgIpc) is 2.56. The maximum absolute atomic E-state index is 5.41. The Morgan fingerprint density at radius 1 is 0.783 bits per heavy atom. The van der Waals surface area contributed by atoms with Gasteiger partial charge in [0.1, 0.15) is 11.5 Å². The fourth-order valence-corrected chi connectivity index (χ4v) is 2.75. The summed E-state index contributed by atoms with van der Waals surface area (Å²) in [4.78, 5) is 0. The van der Waals surface area contributed by atoms with Gasteiger partial charge in [-0.15, -0.1) is 13.2 Å². The molecule has 0 N–H and O–H groups in total. The molecule has 0 saturated carbocycles. The van der Waals surface area contributed by atoms with Crippen molar-refractivity contribution in [3.8, 4) is 11.5 Å². The van der Waals surface area contributed by atoms with E-state index in [0.29, 0.717) is 0 Å². The van der Waals surface area contributed by atoms with Gasteiger partial charge >= 0.3 is 0 Å². The Labute approximate surface area is 139 Å². The molecular formula is C21H24O2. The number of hydrogen-bond donors (Lipinski definition) is 0. The zero-order chi connectivity index (χ0) is 16.7. The topological polar surface area (TPSA) is 18.5 Å². The largest absolute Gasteiger partial charge is 0.496 e. The molecule has 0 radical (unpaired) electrons. The van der Waals surface area contributed by atoms with Gasteiger partial charge in [-0.2, -0.15) is 0 Å². The lowest BCUT2D eigenvalue weighted by Crippen LogP contribution is -1.97. The molecule has 0 bridgehead atoms. The molecule has 0 spiro atoms. The standard InChI is InChI=1S/C21H24O2/c1-5-7-18-14-16(9-11-20(18)22-3)13-17-10-12-21(23-4)19(15-17)8-6-2/h5-6,9-12,14-15H,1-2,7-8,13H2,3-4H3. The van der Waals surface area contributed by atoms with Crippen LogP contribution in [0.15, 0.2) is 61.7 Å². The zero-order valence-electron chi connectivity index (χ0n) is 14.0. The van der Waals surface area contributed by atoms with E-state index in [-0.39, 0.29) is 0 Å². The first kappa shape index (κ1) is 16.9. The van der Waals surface area contributed by atoms with Crippen molar-refractivity contribution in [3.63, 3.8) is 0 Å². The van der Waals surface area contributed by atoms with E-state index in [0.717, 1.165) is 30.8 Å². The highest BCUT2D eigenvalue weighted by Gasteiger charge is 2.07. The third-order valence-corrected chi connectivity index (χ3v) is 3.83. The molecule has 0 fully saturated rings. The molecule has 0 aliphatic rings. The second kappa shape index (κ2) is 8.23. The first-order valence-corrected chi connectivity index (χ1v) is 7.75. The van der Waals surface area contributed by atoms with Gasteiger partial charge < -0.3 is 9.47 Å². The van der Waals surface area contributed by atoms with Gasteiger partial charge in [0.05, 0.1) is 14.2 Å². The van der Waals surface area contributed by atoms with Crippen molar-refractivity contribution in [3.05, 3.63) is 84.0 Å². The molecule has 2 aromatic carbocycles. The van der Waals surface area contributed by atoms with Crippen LogP contribution >= 0.6 is 0 Å². The Balaban J connectivity index is 2.27. The molecule has 0 aliphatic heterocycles. The predicted octanol–water partition coefficient (Wildman–Crippen LogP) is 4.75. The van der Waals surface area contributed by atoms with Crippen molar-refractivity contribution in [2.24, 2.45) is 0 Å². The summed E-state index contributed by atoms with van der Waals surface area (Å²) >= 11 is 0. The van der Waals surface area contributed by atoms with Gasteiger partial charge in [0.25, 0.3) is 0 Å². The van der Waals surface area contributed by atoms with Crippen molar-refractivity contribution in [1.29, 1.82) is 0 Å². The Bertz CT molecular complexity index is 627. The highest BCUT2D eigenvalue weighted by molar-refractivity contribution is 5.43. The lowest BCUT2D eigenvalue weighted by atomic mass is 9.98. The maximum atomic E-state index is 5.41. The van der Waals surface area contributed by atoms with Crippen molar-refractivity contribution in [2.75, 3.05) is 14.2 Å². The van der Waals surface area contributed by atoms with Gasteiger partial charge in [0.2, 0.25) is 0 Å². The van der Waals surface area contributed by atoms with E-state index in [1.165, 1.54) is 22.3 Å². The van der Waals surface area contributed by atoms with E-state index in [4.69, 9.17) is 9.47 Å². The van der Waals surface area contributed by atoms with Gasteiger partial charge in [0.15, 0.2) is 0 Å². The summed E-state index contributed by atoms with van der Waals surface area (Å²) < 4.78 is 10.8. The summed E-state index contributed by atoms with van der Waals surface area (Å²) in [7, 11) is 3.40. The number of hydrogen-bond acceptors (Lipinski definition) is 2. The monoisotopic (exact) mass is 308 g/mol. The SMILES string of the molecule is C=CCc1cc(Cc2ccc(OC)c(CC=C)c2)ccc1OC. The first-order valence-electron chi connectivity index (χ1n) is 7.75. The zero-order valence-corrected chi connectivity index (χ0v) is 14.0. The molecule has 2 nitrogen and oxygen atoms in total. The third kappa shape index (κ3) is 4.26. The Hall–Kier alpha value is -2.48. The fraction of sp³-hybridized carbons (Fsp3) is 0.238. The Kier molecular flexibility index (Phi) is 6.04. The summed E-state index contributed by atoms with van der Waals surface area (Å²) in [6.07, 6.45) is 6.29. The second-order valence-corrected chi connectivity index (χ2v) is 5.45. The summed E-state index contributed by atoms with van der Waals surface area (Å²) in [5.41, 5.74) is 4.86. The van der Waals surface area contributed by atoms with E-state index >= 15 is 0 Å². The second-order valence-electron chi connectivity index (χ2n) is 5.45. The van der Waals surface area contributed by atoms with Crippen LogP contribution in [0.25, 0.3) is 0 Å². The van der Waals surface area contributed by atoms with E-state index < -0.39 is 0 Å². The van der Waals surface area contributed by atoms with E-state index in [9.17, 15) is 0 Å². The van der Waals surface area contributed by atoms with Crippen LogP contribution in [0.4, 0.5) is 0 Å². The number of allylic oxidation sites excluding steroid dienone is 2. The minimum Gasteiger partial charge on any atom is -0.496 e. The molecular weight excluding hydrogens is 284 g/mol. The molecule has 2 heteroatoms. The lowest BCUT2D eigenvalue weighted by molar-refractivity contribution is 0.410. The normalized spacial score (nSPS) is 10.2. The number of benzene rings is 2. The summed E-state index contributed by atoms with van der Waals surface area (Å²) in [5, 5.41) is 0. The first-order chi connectivity index (χ1) is 11.2. The van der Waals surface area contributed by atoms with Crippen molar-refractivity contribution < 1.29 is 9.47 Å². The van der Waals surface area contributed by atoms with Gasteiger partial charge in [-0.1, -0.05) is 36.4 Å². The molecule has 120 valence electrons. The van der Waals surface area contributed by atoms with E-state index in [1.54, 1.807) is 14.2 Å². The molecule has 0 saturated heterocycles. The summed E-state index contributed by atoms with van der Waals surface area (Å²) in [5.74, 6) is 1.83. The van der Waals surface area contributed by atoms with E-state index in [2.05, 4.69) is 37.4 Å². The molecule has 2 rings (SSSR count). The average molecular weight is 308 g/mol. The molecule has 0 aromatic heterocycles. The summed E-state index contributed by atoms with van der Waals surface area (Å²) in [6, 6.07) is 12.7. The van der Waals surface area contributed by atoms with Crippen molar-refractivity contribution >= 4 is 0 Å². The molecule has 23 heavy (non-hydrogen) atoms. The third-order valence-electron chi connectivity index (χ3n) is 3.83. The van der Waals surface area contributed by atoms with Crippen molar-refractivity contribution in [1.82, 2.24) is 0 Å². The molecule has 2 aromatic rings. The smallest absolute Gasteiger partial charge is 0.122 e. The fourth-order valence-electron chi connectivity index (χ4n) is 2.75. The van der Waals surface area contributed by atoms with Gasteiger partial charge in [-0.25, -0.2) is 0 Å². The van der Waals surface area contributed by atoms with Crippen LogP contribution in [0.1, 0.15) is 22.3 Å². The van der Waals surface area contributed by atoms with Crippen LogP contribution in [-0.2, 0) is 19.3 Å².